The van der Waals surface area contributed by atoms with Gasteiger partial charge in [0.25, 0.3) is 0 Å². The average molecular weight is 401 g/mol. The smallest absolute Gasteiger partial charge is 0.178 e. The lowest BCUT2D eigenvalue weighted by atomic mass is 9.91. The molecule has 0 heterocycles. The number of carbonyl (C=O) groups is 3. The average Bonchev–Trinajstić information content (AvgIpc) is 3.38. The Kier molecular flexibility index (Phi) is 3.87. The molecule has 0 bridgehead atoms. The van der Waals surface area contributed by atoms with E-state index in [9.17, 15) is 14.4 Å². The maximum atomic E-state index is 13.4. The van der Waals surface area contributed by atoms with Crippen LogP contribution in [-0.4, -0.2) is 17.3 Å². The lowest BCUT2D eigenvalue weighted by molar-refractivity contribution is 0.0764. The Morgan fingerprint density at radius 3 is 1.93 bits per heavy atom. The Morgan fingerprint density at radius 1 is 0.828 bits per heavy atom. The number of benzene rings is 3. The van der Waals surface area contributed by atoms with Gasteiger partial charge < -0.3 is 0 Å². The molecular weight excluding hydrogens is 384 g/mol. The highest BCUT2D eigenvalue weighted by Gasteiger charge is 2.78. The van der Waals surface area contributed by atoms with Gasteiger partial charge in [0.1, 0.15) is 5.41 Å². The summed E-state index contributed by atoms with van der Waals surface area (Å²) in [7, 11) is 0. The first-order valence-corrected chi connectivity index (χ1v) is 9.89. The van der Waals surface area contributed by atoms with Crippen LogP contribution in [0.25, 0.3) is 0 Å². The molecule has 2 aliphatic rings. The molecule has 2 atom stereocenters. The number of carbonyl (C=O) groups excluding carboxylic acids is 3. The van der Waals surface area contributed by atoms with E-state index >= 15 is 0 Å². The van der Waals surface area contributed by atoms with Gasteiger partial charge in [0.05, 0.1) is 5.92 Å². The normalized spacial score (nSPS) is 21.3. The van der Waals surface area contributed by atoms with Gasteiger partial charge in [0.2, 0.25) is 0 Å². The van der Waals surface area contributed by atoms with Crippen LogP contribution in [-0.2, 0) is 0 Å². The molecule has 0 radical (unpaired) electrons. The van der Waals surface area contributed by atoms with Gasteiger partial charge >= 0.3 is 0 Å². The fraction of sp³-hybridized carbons (Fsp3) is 0.160. The SMILES string of the molecule is Cc1ccc([C@@H]2[C@@H](C(=O)c3ccc(Cl)cc3)C23C(=O)c2ccccc2C3=O)cc1. The molecule has 0 unspecified atom stereocenters. The summed E-state index contributed by atoms with van der Waals surface area (Å²) in [5, 5.41) is 0.530. The lowest BCUT2D eigenvalue weighted by Gasteiger charge is -2.07. The number of halogens is 1. The first-order chi connectivity index (χ1) is 14.0. The molecule has 142 valence electrons. The Labute approximate surface area is 173 Å². The second-order valence-corrected chi connectivity index (χ2v) is 8.25. The molecule has 4 heteroatoms. The highest BCUT2D eigenvalue weighted by molar-refractivity contribution is 6.35. The van der Waals surface area contributed by atoms with E-state index in [1.807, 2.05) is 31.2 Å². The molecule has 1 spiro atoms. The van der Waals surface area contributed by atoms with Crippen molar-refractivity contribution in [1.29, 1.82) is 0 Å². The minimum absolute atomic E-state index is 0.193. The number of fused-ring (bicyclic) bond motifs is 1. The zero-order chi connectivity index (χ0) is 20.3. The van der Waals surface area contributed by atoms with Crippen molar-refractivity contribution in [2.45, 2.75) is 12.8 Å². The number of rotatable bonds is 3. The third-order valence-electron chi connectivity index (χ3n) is 6.22. The summed E-state index contributed by atoms with van der Waals surface area (Å²) in [5.41, 5.74) is 1.89. The fourth-order valence-electron chi connectivity index (χ4n) is 4.76. The largest absolute Gasteiger partial charge is 0.294 e. The summed E-state index contributed by atoms with van der Waals surface area (Å²) in [4.78, 5) is 40.3. The van der Waals surface area contributed by atoms with E-state index in [1.54, 1.807) is 48.5 Å². The molecule has 0 N–H and O–H groups in total. The quantitative estimate of drug-likeness (QED) is 0.442. The lowest BCUT2D eigenvalue weighted by Crippen LogP contribution is -2.23. The summed E-state index contributed by atoms with van der Waals surface area (Å²) in [6, 6.07) is 21.2. The molecule has 3 nitrogen and oxygen atoms in total. The van der Waals surface area contributed by atoms with Crippen molar-refractivity contribution in [3.05, 3.63) is 106 Å². The predicted octanol–water partition coefficient (Wildman–Crippen LogP) is 5.31. The maximum Gasteiger partial charge on any atom is 0.178 e. The zero-order valence-corrected chi connectivity index (χ0v) is 16.4. The van der Waals surface area contributed by atoms with Crippen LogP contribution in [0.2, 0.25) is 5.02 Å². The van der Waals surface area contributed by atoms with Crippen LogP contribution in [0.5, 0.6) is 0 Å². The molecule has 1 saturated carbocycles. The summed E-state index contributed by atoms with van der Waals surface area (Å²) in [6.07, 6.45) is 0. The minimum atomic E-state index is -1.34. The third kappa shape index (κ3) is 2.41. The molecule has 3 aromatic carbocycles. The summed E-state index contributed by atoms with van der Waals surface area (Å²) in [6.45, 7) is 1.98. The molecule has 3 aromatic rings. The van der Waals surface area contributed by atoms with Crippen LogP contribution in [0.15, 0.2) is 72.8 Å². The van der Waals surface area contributed by atoms with E-state index in [0.717, 1.165) is 11.1 Å². The van der Waals surface area contributed by atoms with Crippen LogP contribution in [0, 0.1) is 18.3 Å². The van der Waals surface area contributed by atoms with E-state index in [2.05, 4.69) is 0 Å². The first-order valence-electron chi connectivity index (χ1n) is 9.51. The molecule has 2 aliphatic carbocycles. The topological polar surface area (TPSA) is 51.2 Å². The second-order valence-electron chi connectivity index (χ2n) is 7.81. The molecule has 29 heavy (non-hydrogen) atoms. The van der Waals surface area contributed by atoms with Gasteiger partial charge in [0.15, 0.2) is 17.3 Å². The van der Waals surface area contributed by atoms with Crippen molar-refractivity contribution in [2.24, 2.45) is 11.3 Å². The van der Waals surface area contributed by atoms with Crippen LogP contribution < -0.4 is 0 Å². The Balaban J connectivity index is 1.65. The zero-order valence-electron chi connectivity index (χ0n) is 15.7. The predicted molar refractivity (Wildman–Crippen MR) is 111 cm³/mol. The molecular formula is C25H17ClO3. The second kappa shape index (κ2) is 6.23. The number of ketones is 3. The van der Waals surface area contributed by atoms with Crippen molar-refractivity contribution in [2.75, 3.05) is 0 Å². The third-order valence-corrected chi connectivity index (χ3v) is 6.47. The van der Waals surface area contributed by atoms with Gasteiger partial charge in [-0.25, -0.2) is 0 Å². The summed E-state index contributed by atoms with van der Waals surface area (Å²) < 4.78 is 0. The Bertz CT molecular complexity index is 1140. The number of hydrogen-bond donors (Lipinski definition) is 0. The van der Waals surface area contributed by atoms with Gasteiger partial charge in [-0.2, -0.15) is 0 Å². The van der Waals surface area contributed by atoms with E-state index in [-0.39, 0.29) is 17.3 Å². The highest BCUT2D eigenvalue weighted by atomic mass is 35.5. The number of Topliss-reactive ketones (excluding diaryl/α,β-unsaturated/α-hetero) is 3. The van der Waals surface area contributed by atoms with Crippen LogP contribution in [0.4, 0.5) is 0 Å². The van der Waals surface area contributed by atoms with Crippen LogP contribution in [0.3, 0.4) is 0 Å². The minimum Gasteiger partial charge on any atom is -0.294 e. The first kappa shape index (κ1) is 18.0. The summed E-state index contributed by atoms with van der Waals surface area (Å²) >= 11 is 5.96. The van der Waals surface area contributed by atoms with E-state index in [0.29, 0.717) is 21.7 Å². The van der Waals surface area contributed by atoms with Gasteiger partial charge in [-0.05, 0) is 36.8 Å². The van der Waals surface area contributed by atoms with Gasteiger partial charge in [-0.3, -0.25) is 14.4 Å². The standard InChI is InChI=1S/C25H17ClO3/c1-14-6-8-15(9-7-14)20-21(22(27)16-10-12-17(26)13-11-16)25(20)23(28)18-4-2-3-5-19(18)24(25)29/h2-13,20-21H,1H3/t20-,21+/m1/s1. The Morgan fingerprint density at radius 2 is 1.38 bits per heavy atom. The molecule has 0 aromatic heterocycles. The van der Waals surface area contributed by atoms with Crippen molar-refractivity contribution >= 4 is 29.0 Å². The van der Waals surface area contributed by atoms with Crippen molar-refractivity contribution in [3.8, 4) is 0 Å². The molecule has 0 amide bonds. The number of hydrogen-bond acceptors (Lipinski definition) is 3. The molecule has 0 aliphatic heterocycles. The van der Waals surface area contributed by atoms with E-state index in [4.69, 9.17) is 11.6 Å². The van der Waals surface area contributed by atoms with Gasteiger partial charge in [-0.15, -0.1) is 0 Å². The fourth-order valence-corrected chi connectivity index (χ4v) is 4.89. The van der Waals surface area contributed by atoms with Crippen molar-refractivity contribution < 1.29 is 14.4 Å². The highest BCUT2D eigenvalue weighted by Crippen LogP contribution is 2.70. The van der Waals surface area contributed by atoms with Gasteiger partial charge in [-0.1, -0.05) is 65.7 Å². The van der Waals surface area contributed by atoms with E-state index < -0.39 is 17.3 Å². The van der Waals surface area contributed by atoms with Crippen LogP contribution >= 0.6 is 11.6 Å². The van der Waals surface area contributed by atoms with Gasteiger partial charge in [0, 0.05) is 27.6 Å². The monoisotopic (exact) mass is 400 g/mol. The van der Waals surface area contributed by atoms with E-state index in [1.165, 1.54) is 0 Å². The molecule has 1 fully saturated rings. The number of aryl methyl sites for hydroxylation is 1. The molecule has 5 rings (SSSR count). The summed E-state index contributed by atoms with van der Waals surface area (Å²) in [5.74, 6) is -1.84. The van der Waals surface area contributed by atoms with Crippen molar-refractivity contribution in [1.82, 2.24) is 0 Å². The van der Waals surface area contributed by atoms with Crippen molar-refractivity contribution in [3.63, 3.8) is 0 Å². The van der Waals surface area contributed by atoms with Crippen LogP contribution in [0.1, 0.15) is 48.1 Å². The maximum absolute atomic E-state index is 13.4. The molecule has 0 saturated heterocycles. The Hall–Kier alpha value is -3.04.